The summed E-state index contributed by atoms with van der Waals surface area (Å²) in [5, 5.41) is 0.648. The standard InChI is InChI=1S/C14H11BrClN3/c1-8-6-9(15)7-19-13(17)12(18-14(8)19)10-4-2-3-5-11(10)16/h2-7H,17H2,1H3. The van der Waals surface area contributed by atoms with E-state index in [-0.39, 0.29) is 0 Å². The number of aromatic nitrogens is 2. The molecule has 0 fully saturated rings. The second-order valence-corrected chi connectivity index (χ2v) is 5.68. The Bertz CT molecular complexity index is 780. The molecular formula is C14H11BrClN3. The highest BCUT2D eigenvalue weighted by molar-refractivity contribution is 9.10. The first-order valence-corrected chi connectivity index (χ1v) is 6.93. The number of benzene rings is 1. The average Bonchev–Trinajstić information content (AvgIpc) is 2.68. The van der Waals surface area contributed by atoms with E-state index >= 15 is 0 Å². The Morgan fingerprint density at radius 1 is 1.32 bits per heavy atom. The summed E-state index contributed by atoms with van der Waals surface area (Å²) in [6.45, 7) is 2.00. The van der Waals surface area contributed by atoms with E-state index in [0.717, 1.165) is 21.2 Å². The van der Waals surface area contributed by atoms with E-state index in [1.165, 1.54) is 0 Å². The number of nitrogen functional groups attached to an aromatic ring is 1. The number of anilines is 1. The van der Waals surface area contributed by atoms with Gasteiger partial charge in [0.05, 0.1) is 5.02 Å². The van der Waals surface area contributed by atoms with Crippen LogP contribution >= 0.6 is 27.5 Å². The maximum atomic E-state index is 6.22. The Morgan fingerprint density at radius 3 is 2.79 bits per heavy atom. The molecule has 0 bridgehead atoms. The van der Waals surface area contributed by atoms with E-state index in [2.05, 4.69) is 20.9 Å². The van der Waals surface area contributed by atoms with Gasteiger partial charge in [-0.05, 0) is 40.5 Å². The number of rotatable bonds is 1. The van der Waals surface area contributed by atoms with E-state index in [1.807, 2.05) is 47.9 Å². The van der Waals surface area contributed by atoms with E-state index in [0.29, 0.717) is 16.5 Å². The number of hydrogen-bond acceptors (Lipinski definition) is 2. The lowest BCUT2D eigenvalue weighted by Crippen LogP contribution is -1.95. The first-order valence-electron chi connectivity index (χ1n) is 5.76. The van der Waals surface area contributed by atoms with Crippen molar-refractivity contribution >= 4 is 39.0 Å². The molecule has 0 unspecified atom stereocenters. The predicted octanol–water partition coefficient (Wildman–Crippen LogP) is 4.31. The van der Waals surface area contributed by atoms with Crippen LogP contribution in [0.2, 0.25) is 5.02 Å². The van der Waals surface area contributed by atoms with Crippen molar-refractivity contribution in [2.45, 2.75) is 6.92 Å². The zero-order valence-electron chi connectivity index (χ0n) is 10.2. The van der Waals surface area contributed by atoms with Crippen LogP contribution in [-0.4, -0.2) is 9.38 Å². The minimum absolute atomic E-state index is 0.590. The van der Waals surface area contributed by atoms with Crippen LogP contribution in [0, 0.1) is 6.92 Å². The quantitative estimate of drug-likeness (QED) is 0.719. The van der Waals surface area contributed by atoms with Crippen molar-refractivity contribution < 1.29 is 0 Å². The molecule has 0 aliphatic heterocycles. The third kappa shape index (κ3) is 2.01. The molecule has 5 heteroatoms. The first-order chi connectivity index (χ1) is 9.08. The topological polar surface area (TPSA) is 43.3 Å². The summed E-state index contributed by atoms with van der Waals surface area (Å²) < 4.78 is 2.84. The average molecular weight is 337 g/mol. The van der Waals surface area contributed by atoms with Gasteiger partial charge in [0.2, 0.25) is 0 Å². The van der Waals surface area contributed by atoms with E-state index in [9.17, 15) is 0 Å². The molecule has 3 aromatic rings. The van der Waals surface area contributed by atoms with Crippen LogP contribution in [0.5, 0.6) is 0 Å². The minimum atomic E-state index is 0.590. The van der Waals surface area contributed by atoms with Crippen LogP contribution in [-0.2, 0) is 0 Å². The maximum absolute atomic E-state index is 6.22. The molecule has 0 amide bonds. The van der Waals surface area contributed by atoms with Crippen LogP contribution in [0.15, 0.2) is 41.0 Å². The van der Waals surface area contributed by atoms with Crippen molar-refractivity contribution in [1.82, 2.24) is 9.38 Å². The Kier molecular flexibility index (Phi) is 2.99. The Morgan fingerprint density at radius 2 is 2.05 bits per heavy atom. The van der Waals surface area contributed by atoms with Crippen molar-refractivity contribution in [3.63, 3.8) is 0 Å². The van der Waals surface area contributed by atoms with E-state index < -0.39 is 0 Å². The summed E-state index contributed by atoms with van der Waals surface area (Å²) in [7, 11) is 0. The molecule has 2 heterocycles. The lowest BCUT2D eigenvalue weighted by Gasteiger charge is -2.02. The van der Waals surface area contributed by atoms with Gasteiger partial charge in [0.25, 0.3) is 0 Å². The van der Waals surface area contributed by atoms with E-state index in [1.54, 1.807) is 0 Å². The Hall–Kier alpha value is -1.52. The van der Waals surface area contributed by atoms with Crippen LogP contribution in [0.1, 0.15) is 5.56 Å². The molecular weight excluding hydrogens is 326 g/mol. The van der Waals surface area contributed by atoms with Gasteiger partial charge in [-0.25, -0.2) is 4.98 Å². The minimum Gasteiger partial charge on any atom is -0.383 e. The number of halogens is 2. The number of nitrogens with zero attached hydrogens (tertiary/aromatic N) is 2. The molecule has 0 saturated carbocycles. The van der Waals surface area contributed by atoms with Gasteiger partial charge in [-0.2, -0.15) is 0 Å². The fourth-order valence-electron chi connectivity index (χ4n) is 2.14. The van der Waals surface area contributed by atoms with Crippen LogP contribution in [0.4, 0.5) is 5.82 Å². The molecule has 0 spiro atoms. The molecule has 0 atom stereocenters. The molecule has 2 N–H and O–H groups in total. The number of aryl methyl sites for hydroxylation is 1. The van der Waals surface area contributed by atoms with Crippen LogP contribution in [0.25, 0.3) is 16.9 Å². The highest BCUT2D eigenvalue weighted by Crippen LogP contribution is 2.33. The summed E-state index contributed by atoms with van der Waals surface area (Å²) in [5.41, 5.74) is 9.66. The molecule has 0 radical (unpaired) electrons. The molecule has 2 aromatic heterocycles. The van der Waals surface area contributed by atoms with Gasteiger partial charge < -0.3 is 5.73 Å². The summed E-state index contributed by atoms with van der Waals surface area (Å²) in [5.74, 6) is 0.590. The second-order valence-electron chi connectivity index (χ2n) is 4.36. The highest BCUT2D eigenvalue weighted by atomic mass is 79.9. The van der Waals surface area contributed by atoms with Crippen molar-refractivity contribution in [3.05, 3.63) is 51.6 Å². The second kappa shape index (κ2) is 4.54. The largest absolute Gasteiger partial charge is 0.383 e. The maximum Gasteiger partial charge on any atom is 0.142 e. The number of pyridine rings is 1. The molecule has 0 saturated heterocycles. The number of nitrogens with two attached hydrogens (primary N) is 1. The zero-order valence-corrected chi connectivity index (χ0v) is 12.5. The normalized spacial score (nSPS) is 11.1. The van der Waals surface area contributed by atoms with Gasteiger partial charge in [-0.3, -0.25) is 4.40 Å². The summed E-state index contributed by atoms with van der Waals surface area (Å²) in [4.78, 5) is 4.62. The molecule has 19 heavy (non-hydrogen) atoms. The Balaban J connectivity index is 2.35. The summed E-state index contributed by atoms with van der Waals surface area (Å²) in [6, 6.07) is 9.58. The molecule has 1 aromatic carbocycles. The third-order valence-corrected chi connectivity index (χ3v) is 3.80. The van der Waals surface area contributed by atoms with Gasteiger partial charge >= 0.3 is 0 Å². The number of fused-ring (bicyclic) bond motifs is 1. The molecule has 3 rings (SSSR count). The van der Waals surface area contributed by atoms with Gasteiger partial charge in [0.1, 0.15) is 17.2 Å². The highest BCUT2D eigenvalue weighted by Gasteiger charge is 2.15. The van der Waals surface area contributed by atoms with Gasteiger partial charge in [0, 0.05) is 16.2 Å². The van der Waals surface area contributed by atoms with Crippen molar-refractivity contribution in [3.8, 4) is 11.3 Å². The molecule has 0 aliphatic carbocycles. The summed E-state index contributed by atoms with van der Waals surface area (Å²) in [6.07, 6.45) is 1.91. The van der Waals surface area contributed by atoms with Crippen molar-refractivity contribution in [2.75, 3.05) is 5.73 Å². The van der Waals surface area contributed by atoms with Gasteiger partial charge in [0.15, 0.2) is 0 Å². The van der Waals surface area contributed by atoms with Crippen molar-refractivity contribution in [1.29, 1.82) is 0 Å². The third-order valence-electron chi connectivity index (χ3n) is 3.04. The molecule has 96 valence electrons. The number of hydrogen-bond donors (Lipinski definition) is 1. The fourth-order valence-corrected chi connectivity index (χ4v) is 2.91. The van der Waals surface area contributed by atoms with Gasteiger partial charge in [-0.15, -0.1) is 0 Å². The molecule has 3 nitrogen and oxygen atoms in total. The fraction of sp³-hybridized carbons (Fsp3) is 0.0714. The van der Waals surface area contributed by atoms with Crippen LogP contribution in [0.3, 0.4) is 0 Å². The predicted molar refractivity (Wildman–Crippen MR) is 82.5 cm³/mol. The van der Waals surface area contributed by atoms with Crippen molar-refractivity contribution in [2.24, 2.45) is 0 Å². The van der Waals surface area contributed by atoms with E-state index in [4.69, 9.17) is 17.3 Å². The number of imidazole rings is 1. The lowest BCUT2D eigenvalue weighted by atomic mass is 10.1. The zero-order chi connectivity index (χ0) is 13.6. The lowest BCUT2D eigenvalue weighted by molar-refractivity contribution is 1.16. The monoisotopic (exact) mass is 335 g/mol. The van der Waals surface area contributed by atoms with Crippen LogP contribution < -0.4 is 5.73 Å². The molecule has 0 aliphatic rings. The first kappa shape index (κ1) is 12.5. The SMILES string of the molecule is Cc1cc(Br)cn2c(N)c(-c3ccccc3Cl)nc12. The van der Waals surface area contributed by atoms with Gasteiger partial charge in [-0.1, -0.05) is 29.8 Å². The summed E-state index contributed by atoms with van der Waals surface area (Å²) >= 11 is 9.68. The smallest absolute Gasteiger partial charge is 0.142 e. The Labute approximate surface area is 124 Å².